The van der Waals surface area contributed by atoms with Gasteiger partial charge in [0, 0.05) is 6.04 Å². The predicted octanol–water partition coefficient (Wildman–Crippen LogP) is 4.03. The van der Waals surface area contributed by atoms with Gasteiger partial charge in [-0.1, -0.05) is 19.4 Å². The number of hydrogen-bond acceptors (Lipinski definition) is 2. The number of hydrogen-bond donors (Lipinski definition) is 1. The van der Waals surface area contributed by atoms with Gasteiger partial charge in [0.2, 0.25) is 0 Å². The number of fused-ring (bicyclic) bond motifs is 3. The number of rotatable bonds is 5. The molecular formula is C21H29NO2. The second kappa shape index (κ2) is 6.78. The molecule has 2 saturated carbocycles. The Morgan fingerprint density at radius 3 is 2.75 bits per heavy atom. The first-order valence-corrected chi connectivity index (χ1v) is 9.81. The number of carbonyl (C=O) groups excluding carboxylic acids is 1. The molecule has 0 heterocycles. The minimum Gasteiger partial charge on any atom is -0.481 e. The Labute approximate surface area is 145 Å². The van der Waals surface area contributed by atoms with Gasteiger partial charge in [-0.2, -0.15) is 0 Å². The summed E-state index contributed by atoms with van der Waals surface area (Å²) >= 11 is 0. The van der Waals surface area contributed by atoms with Gasteiger partial charge < -0.3 is 10.1 Å². The molecule has 2 bridgehead atoms. The van der Waals surface area contributed by atoms with Crippen LogP contribution in [-0.2, 0) is 17.6 Å². The molecule has 24 heavy (non-hydrogen) atoms. The first kappa shape index (κ1) is 16.0. The van der Waals surface area contributed by atoms with Gasteiger partial charge in [0.1, 0.15) is 5.75 Å². The summed E-state index contributed by atoms with van der Waals surface area (Å²) in [5, 5.41) is 3.28. The zero-order valence-corrected chi connectivity index (χ0v) is 14.7. The second-order valence-electron chi connectivity index (χ2n) is 7.94. The third-order valence-corrected chi connectivity index (χ3v) is 6.33. The van der Waals surface area contributed by atoms with Gasteiger partial charge in [0.25, 0.3) is 5.91 Å². The summed E-state index contributed by atoms with van der Waals surface area (Å²) in [4.78, 5) is 12.7. The highest BCUT2D eigenvalue weighted by atomic mass is 16.5. The maximum Gasteiger partial charge on any atom is 0.261 e. The van der Waals surface area contributed by atoms with E-state index in [4.69, 9.17) is 4.74 Å². The maximum atomic E-state index is 12.7. The molecule has 0 spiro atoms. The van der Waals surface area contributed by atoms with E-state index in [9.17, 15) is 4.79 Å². The van der Waals surface area contributed by atoms with Crippen molar-refractivity contribution < 1.29 is 9.53 Å². The molecule has 4 rings (SSSR count). The Hall–Kier alpha value is -1.51. The molecule has 1 aromatic carbocycles. The highest BCUT2D eigenvalue weighted by Crippen LogP contribution is 2.44. The quantitative estimate of drug-likeness (QED) is 0.887. The van der Waals surface area contributed by atoms with Crippen molar-refractivity contribution >= 4 is 5.91 Å². The fraction of sp³-hybridized carbons (Fsp3) is 0.667. The van der Waals surface area contributed by atoms with E-state index in [1.54, 1.807) is 0 Å². The largest absolute Gasteiger partial charge is 0.481 e. The van der Waals surface area contributed by atoms with E-state index < -0.39 is 0 Å². The topological polar surface area (TPSA) is 38.3 Å². The third-order valence-electron chi connectivity index (χ3n) is 6.33. The van der Waals surface area contributed by atoms with E-state index in [0.717, 1.165) is 18.1 Å². The van der Waals surface area contributed by atoms with Gasteiger partial charge >= 0.3 is 0 Å². The standard InChI is InChI=1S/C21H29NO2/c1-2-20(21(23)22-19-12-14-7-8-17(19)11-14)24-18-10-9-15-5-3-4-6-16(15)13-18/h9-10,13-14,17,19-20H,2-8,11-12H2,1H3,(H,22,23)/t14-,17-,19+,20+/m0/s1. The first-order chi connectivity index (χ1) is 11.7. The van der Waals surface area contributed by atoms with Crippen molar-refractivity contribution in [2.24, 2.45) is 11.8 Å². The highest BCUT2D eigenvalue weighted by Gasteiger charge is 2.40. The summed E-state index contributed by atoms with van der Waals surface area (Å²) in [6, 6.07) is 6.77. The lowest BCUT2D eigenvalue weighted by Crippen LogP contribution is -2.45. The Morgan fingerprint density at radius 2 is 2.04 bits per heavy atom. The molecule has 3 aliphatic carbocycles. The van der Waals surface area contributed by atoms with Crippen molar-refractivity contribution in [3.8, 4) is 5.75 Å². The van der Waals surface area contributed by atoms with Crippen LogP contribution in [0.3, 0.4) is 0 Å². The first-order valence-electron chi connectivity index (χ1n) is 9.81. The number of benzene rings is 1. The molecule has 0 saturated heterocycles. The lowest BCUT2D eigenvalue weighted by Gasteiger charge is -2.26. The Bertz CT molecular complexity index is 612. The average Bonchev–Trinajstić information content (AvgIpc) is 3.22. The van der Waals surface area contributed by atoms with Crippen LogP contribution >= 0.6 is 0 Å². The predicted molar refractivity (Wildman–Crippen MR) is 95.2 cm³/mol. The van der Waals surface area contributed by atoms with Crippen molar-refractivity contribution in [3.63, 3.8) is 0 Å². The zero-order valence-electron chi connectivity index (χ0n) is 14.7. The molecule has 0 unspecified atom stereocenters. The van der Waals surface area contributed by atoms with Crippen molar-refractivity contribution in [1.82, 2.24) is 5.32 Å². The van der Waals surface area contributed by atoms with E-state index in [2.05, 4.69) is 17.4 Å². The second-order valence-corrected chi connectivity index (χ2v) is 7.94. The van der Waals surface area contributed by atoms with E-state index in [0.29, 0.717) is 18.4 Å². The van der Waals surface area contributed by atoms with Crippen molar-refractivity contribution in [2.75, 3.05) is 0 Å². The SMILES string of the molecule is CC[C@@H](Oc1ccc2c(c1)CCCC2)C(=O)N[C@@H]1C[C@H]2CC[C@H]1C2. The van der Waals surface area contributed by atoms with Gasteiger partial charge in [-0.3, -0.25) is 4.79 Å². The fourth-order valence-corrected chi connectivity index (χ4v) is 4.97. The summed E-state index contributed by atoms with van der Waals surface area (Å²) in [5.41, 5.74) is 2.86. The maximum absolute atomic E-state index is 12.7. The fourth-order valence-electron chi connectivity index (χ4n) is 4.97. The Balaban J connectivity index is 1.39. The molecule has 3 aliphatic rings. The number of carbonyl (C=O) groups is 1. The molecule has 0 aliphatic heterocycles. The average molecular weight is 327 g/mol. The molecule has 1 aromatic rings. The van der Waals surface area contributed by atoms with Crippen LogP contribution in [0, 0.1) is 11.8 Å². The van der Waals surface area contributed by atoms with Gasteiger partial charge in [-0.05, 0) is 86.5 Å². The molecule has 3 heteroatoms. The normalized spacial score (nSPS) is 29.1. The van der Waals surface area contributed by atoms with Crippen molar-refractivity contribution in [1.29, 1.82) is 0 Å². The van der Waals surface area contributed by atoms with Gasteiger partial charge in [0.05, 0.1) is 0 Å². The summed E-state index contributed by atoms with van der Waals surface area (Å²) in [7, 11) is 0. The third kappa shape index (κ3) is 3.18. The zero-order chi connectivity index (χ0) is 16.5. The van der Waals surface area contributed by atoms with Gasteiger partial charge in [-0.15, -0.1) is 0 Å². The Kier molecular flexibility index (Phi) is 4.51. The summed E-state index contributed by atoms with van der Waals surface area (Å²) in [6.07, 6.45) is 10.3. The molecule has 2 fully saturated rings. The van der Waals surface area contributed by atoms with Crippen molar-refractivity contribution in [2.45, 2.75) is 76.9 Å². The molecule has 3 nitrogen and oxygen atoms in total. The molecular weight excluding hydrogens is 298 g/mol. The van der Waals surface area contributed by atoms with Crippen LogP contribution in [0.1, 0.15) is 63.0 Å². The number of ether oxygens (including phenoxy) is 1. The number of nitrogens with one attached hydrogen (secondary N) is 1. The number of aryl methyl sites for hydroxylation is 2. The van der Waals surface area contributed by atoms with E-state index in [1.807, 2.05) is 13.0 Å². The van der Waals surface area contributed by atoms with Crippen LogP contribution in [0.4, 0.5) is 0 Å². The number of amides is 1. The minimum absolute atomic E-state index is 0.0766. The summed E-state index contributed by atoms with van der Waals surface area (Å²) in [5.74, 6) is 2.49. The lowest BCUT2D eigenvalue weighted by atomic mass is 9.92. The lowest BCUT2D eigenvalue weighted by molar-refractivity contribution is -0.129. The molecule has 1 N–H and O–H groups in total. The van der Waals surface area contributed by atoms with Crippen LogP contribution in [0.5, 0.6) is 5.75 Å². The monoisotopic (exact) mass is 327 g/mol. The molecule has 130 valence electrons. The van der Waals surface area contributed by atoms with Crippen LogP contribution in [0.2, 0.25) is 0 Å². The van der Waals surface area contributed by atoms with E-state index in [-0.39, 0.29) is 12.0 Å². The van der Waals surface area contributed by atoms with Crippen LogP contribution in [-0.4, -0.2) is 18.1 Å². The molecule has 4 atom stereocenters. The van der Waals surface area contributed by atoms with E-state index >= 15 is 0 Å². The van der Waals surface area contributed by atoms with Crippen molar-refractivity contribution in [3.05, 3.63) is 29.3 Å². The summed E-state index contributed by atoms with van der Waals surface area (Å²) in [6.45, 7) is 2.03. The van der Waals surface area contributed by atoms with Crippen LogP contribution < -0.4 is 10.1 Å². The van der Waals surface area contributed by atoms with Crippen LogP contribution in [0.15, 0.2) is 18.2 Å². The molecule has 0 aromatic heterocycles. The molecule has 1 amide bonds. The van der Waals surface area contributed by atoms with Gasteiger partial charge in [-0.25, -0.2) is 0 Å². The smallest absolute Gasteiger partial charge is 0.261 e. The van der Waals surface area contributed by atoms with Crippen LogP contribution in [0.25, 0.3) is 0 Å². The van der Waals surface area contributed by atoms with E-state index in [1.165, 1.54) is 56.1 Å². The highest BCUT2D eigenvalue weighted by molar-refractivity contribution is 5.81. The Morgan fingerprint density at radius 1 is 1.21 bits per heavy atom. The molecule has 0 radical (unpaired) electrons. The summed E-state index contributed by atoms with van der Waals surface area (Å²) < 4.78 is 6.07. The van der Waals surface area contributed by atoms with Gasteiger partial charge in [0.15, 0.2) is 6.10 Å². The minimum atomic E-state index is -0.370.